The van der Waals surface area contributed by atoms with Crippen molar-refractivity contribution in [3.8, 4) is 11.5 Å². The Balaban J connectivity index is 1.38. The van der Waals surface area contributed by atoms with Crippen LogP contribution in [0.3, 0.4) is 0 Å². The Bertz CT molecular complexity index is 863. The van der Waals surface area contributed by atoms with Gasteiger partial charge in [0.25, 0.3) is 0 Å². The number of aromatic nitrogens is 2. The molecule has 0 saturated carbocycles. The van der Waals surface area contributed by atoms with E-state index in [1.54, 1.807) is 0 Å². The molecule has 6 heteroatoms. The topological polar surface area (TPSA) is 79.4 Å². The molecule has 1 atom stereocenters. The summed E-state index contributed by atoms with van der Waals surface area (Å²) in [6.45, 7) is 5.94. The number of rotatable bonds is 10. The highest BCUT2D eigenvalue weighted by molar-refractivity contribution is 5.87. The van der Waals surface area contributed by atoms with E-state index < -0.39 is 6.10 Å². The number of aryl methyl sites for hydroxylation is 2. The molecule has 0 aliphatic carbocycles. The summed E-state index contributed by atoms with van der Waals surface area (Å²) in [6.07, 6.45) is 0.345. The van der Waals surface area contributed by atoms with E-state index in [1.165, 1.54) is 5.56 Å². The first-order valence-electron chi connectivity index (χ1n) is 9.35. The van der Waals surface area contributed by atoms with Crippen molar-refractivity contribution in [3.05, 3.63) is 53.7 Å². The van der Waals surface area contributed by atoms with Crippen LogP contribution in [0.4, 0.5) is 0 Å². The number of aromatic amines is 1. The lowest BCUT2D eigenvalue weighted by Crippen LogP contribution is -2.33. The van der Waals surface area contributed by atoms with Gasteiger partial charge in [-0.3, -0.25) is 5.10 Å². The normalized spacial score (nSPS) is 12.3. The number of nitrogens with zero attached hydrogens (tertiary/aromatic N) is 1. The zero-order valence-corrected chi connectivity index (χ0v) is 15.9. The molecule has 0 radical (unpaired) electrons. The highest BCUT2D eigenvalue weighted by Crippen LogP contribution is 2.26. The van der Waals surface area contributed by atoms with Gasteiger partial charge >= 0.3 is 0 Å². The van der Waals surface area contributed by atoms with Crippen molar-refractivity contribution in [2.24, 2.45) is 0 Å². The summed E-state index contributed by atoms with van der Waals surface area (Å²) in [5, 5.41) is 21.5. The Morgan fingerprint density at radius 1 is 1.11 bits per heavy atom. The highest BCUT2D eigenvalue weighted by atomic mass is 16.5. The van der Waals surface area contributed by atoms with E-state index in [2.05, 4.69) is 28.5 Å². The second-order valence-corrected chi connectivity index (χ2v) is 6.48. The molecule has 0 fully saturated rings. The number of aliphatic hydroxyl groups excluding tert-OH is 1. The Morgan fingerprint density at radius 3 is 2.78 bits per heavy atom. The minimum Gasteiger partial charge on any atom is -0.492 e. The molecular weight excluding hydrogens is 342 g/mol. The van der Waals surface area contributed by atoms with Gasteiger partial charge in [0.1, 0.15) is 30.8 Å². The van der Waals surface area contributed by atoms with Gasteiger partial charge in [0.2, 0.25) is 0 Å². The molecule has 144 valence electrons. The van der Waals surface area contributed by atoms with E-state index in [1.807, 2.05) is 43.3 Å². The fourth-order valence-electron chi connectivity index (χ4n) is 2.99. The molecule has 2 aromatic carbocycles. The van der Waals surface area contributed by atoms with Gasteiger partial charge in [0.15, 0.2) is 0 Å². The standard InChI is InChI=1S/C21H27N3O3/c1-3-16-7-4-5-9-19(16)26-12-11-22-13-17(25)14-27-20-10-6-8-18-21(20)15(2)23-24-18/h4-10,17,22,25H,3,11-14H2,1-2H3,(H,23,24)/t17-/m0/s1. The van der Waals surface area contributed by atoms with Crippen LogP contribution in [0, 0.1) is 6.92 Å². The van der Waals surface area contributed by atoms with Gasteiger partial charge < -0.3 is 19.9 Å². The SMILES string of the molecule is CCc1ccccc1OCCNC[C@H](O)COc1cccc2n[nH]c(C)c12. The van der Waals surface area contributed by atoms with Gasteiger partial charge in [-0.05, 0) is 37.1 Å². The maximum absolute atomic E-state index is 10.1. The molecule has 0 amide bonds. The number of nitrogens with one attached hydrogen (secondary N) is 2. The van der Waals surface area contributed by atoms with Gasteiger partial charge in [-0.2, -0.15) is 5.10 Å². The van der Waals surface area contributed by atoms with Crippen molar-refractivity contribution < 1.29 is 14.6 Å². The lowest BCUT2D eigenvalue weighted by molar-refractivity contribution is 0.106. The molecule has 1 heterocycles. The smallest absolute Gasteiger partial charge is 0.130 e. The summed E-state index contributed by atoms with van der Waals surface area (Å²) in [5.74, 6) is 1.66. The molecule has 27 heavy (non-hydrogen) atoms. The minimum absolute atomic E-state index is 0.219. The van der Waals surface area contributed by atoms with Gasteiger partial charge in [-0.15, -0.1) is 0 Å². The zero-order valence-electron chi connectivity index (χ0n) is 15.9. The van der Waals surface area contributed by atoms with Gasteiger partial charge in [-0.1, -0.05) is 31.2 Å². The third-order valence-electron chi connectivity index (χ3n) is 4.42. The Labute approximate surface area is 159 Å². The first kappa shape index (κ1) is 19.2. The van der Waals surface area contributed by atoms with Gasteiger partial charge in [-0.25, -0.2) is 0 Å². The Morgan fingerprint density at radius 2 is 1.93 bits per heavy atom. The third kappa shape index (κ3) is 4.99. The Hall–Kier alpha value is -2.57. The van der Waals surface area contributed by atoms with E-state index >= 15 is 0 Å². The molecule has 3 rings (SSSR count). The van der Waals surface area contributed by atoms with Crippen molar-refractivity contribution in [2.75, 3.05) is 26.3 Å². The van der Waals surface area contributed by atoms with Crippen molar-refractivity contribution in [1.82, 2.24) is 15.5 Å². The summed E-state index contributed by atoms with van der Waals surface area (Å²) in [6, 6.07) is 13.8. The molecule has 0 aliphatic heterocycles. The number of ether oxygens (including phenoxy) is 2. The fourth-order valence-corrected chi connectivity index (χ4v) is 2.99. The predicted octanol–water partition coefficient (Wildman–Crippen LogP) is 2.84. The summed E-state index contributed by atoms with van der Waals surface area (Å²) < 4.78 is 11.6. The number of fused-ring (bicyclic) bond motifs is 1. The molecular formula is C21H27N3O3. The van der Waals surface area contributed by atoms with E-state index in [0.717, 1.165) is 34.5 Å². The van der Waals surface area contributed by atoms with E-state index in [9.17, 15) is 5.11 Å². The first-order valence-corrected chi connectivity index (χ1v) is 9.35. The van der Waals surface area contributed by atoms with Crippen LogP contribution in [0.15, 0.2) is 42.5 Å². The maximum atomic E-state index is 10.1. The number of para-hydroxylation sites is 1. The molecule has 0 unspecified atom stereocenters. The number of benzene rings is 2. The molecule has 1 aromatic heterocycles. The molecule has 6 nitrogen and oxygen atoms in total. The van der Waals surface area contributed by atoms with Crippen molar-refractivity contribution in [2.45, 2.75) is 26.4 Å². The second-order valence-electron chi connectivity index (χ2n) is 6.48. The number of hydrogen-bond donors (Lipinski definition) is 3. The van der Waals surface area contributed by atoms with Gasteiger partial charge in [0.05, 0.1) is 10.9 Å². The first-order chi connectivity index (χ1) is 13.2. The third-order valence-corrected chi connectivity index (χ3v) is 4.42. The largest absolute Gasteiger partial charge is 0.492 e. The van der Waals surface area contributed by atoms with Crippen molar-refractivity contribution >= 4 is 10.9 Å². The number of aliphatic hydroxyl groups is 1. The summed E-state index contributed by atoms with van der Waals surface area (Å²) in [5.41, 5.74) is 3.02. The van der Waals surface area contributed by atoms with E-state index in [4.69, 9.17) is 9.47 Å². The Kier molecular flexibility index (Phi) is 6.68. The lowest BCUT2D eigenvalue weighted by Gasteiger charge is -2.15. The molecule has 0 spiro atoms. The predicted molar refractivity (Wildman–Crippen MR) is 107 cm³/mol. The minimum atomic E-state index is -0.601. The summed E-state index contributed by atoms with van der Waals surface area (Å²) in [4.78, 5) is 0. The van der Waals surface area contributed by atoms with Crippen LogP contribution in [0.1, 0.15) is 18.2 Å². The number of hydrogen-bond acceptors (Lipinski definition) is 5. The zero-order chi connectivity index (χ0) is 19.1. The average molecular weight is 369 g/mol. The van der Waals surface area contributed by atoms with Crippen molar-refractivity contribution in [3.63, 3.8) is 0 Å². The van der Waals surface area contributed by atoms with Crippen LogP contribution >= 0.6 is 0 Å². The number of H-pyrrole nitrogens is 1. The summed E-state index contributed by atoms with van der Waals surface area (Å²) >= 11 is 0. The van der Waals surface area contributed by atoms with Crippen LogP contribution in [0.25, 0.3) is 10.9 Å². The molecule has 0 aliphatic rings. The van der Waals surface area contributed by atoms with Crippen LogP contribution in [-0.4, -0.2) is 47.7 Å². The van der Waals surface area contributed by atoms with Crippen LogP contribution in [0.5, 0.6) is 11.5 Å². The average Bonchev–Trinajstić information content (AvgIpc) is 3.08. The summed E-state index contributed by atoms with van der Waals surface area (Å²) in [7, 11) is 0. The molecule has 0 saturated heterocycles. The molecule has 3 aromatic rings. The molecule has 0 bridgehead atoms. The van der Waals surface area contributed by atoms with E-state index in [0.29, 0.717) is 19.7 Å². The maximum Gasteiger partial charge on any atom is 0.130 e. The van der Waals surface area contributed by atoms with Crippen LogP contribution in [0.2, 0.25) is 0 Å². The second kappa shape index (κ2) is 9.39. The van der Waals surface area contributed by atoms with E-state index in [-0.39, 0.29) is 6.61 Å². The fraction of sp³-hybridized carbons (Fsp3) is 0.381. The molecule has 3 N–H and O–H groups in total. The highest BCUT2D eigenvalue weighted by Gasteiger charge is 2.10. The monoisotopic (exact) mass is 369 g/mol. The van der Waals surface area contributed by atoms with Gasteiger partial charge in [0, 0.05) is 18.8 Å². The van der Waals surface area contributed by atoms with Crippen LogP contribution < -0.4 is 14.8 Å². The van der Waals surface area contributed by atoms with Crippen molar-refractivity contribution in [1.29, 1.82) is 0 Å². The van der Waals surface area contributed by atoms with Crippen LogP contribution in [-0.2, 0) is 6.42 Å². The lowest BCUT2D eigenvalue weighted by atomic mass is 10.1. The quantitative estimate of drug-likeness (QED) is 0.479.